The van der Waals surface area contributed by atoms with Gasteiger partial charge in [0.2, 0.25) is 0 Å². The molecule has 1 saturated carbocycles. The number of rotatable bonds is 2. The summed E-state index contributed by atoms with van der Waals surface area (Å²) in [5.41, 5.74) is 0. The molecule has 0 aromatic carbocycles. The van der Waals surface area contributed by atoms with Gasteiger partial charge in [-0.2, -0.15) is 5.10 Å². The minimum absolute atomic E-state index is 0.407. The molecule has 1 heterocycles. The summed E-state index contributed by atoms with van der Waals surface area (Å²) in [7, 11) is 0. The molecule has 84 valence electrons. The van der Waals surface area contributed by atoms with Crippen molar-refractivity contribution in [1.82, 2.24) is 14.8 Å². The highest BCUT2D eigenvalue weighted by Crippen LogP contribution is 2.42. The van der Waals surface area contributed by atoms with E-state index in [1.54, 1.807) is 6.33 Å². The lowest BCUT2D eigenvalue weighted by atomic mass is 9.97. The second-order valence-electron chi connectivity index (χ2n) is 4.72. The molecule has 2 rings (SSSR count). The van der Waals surface area contributed by atoms with Gasteiger partial charge in [0.15, 0.2) is 0 Å². The van der Waals surface area contributed by atoms with E-state index in [9.17, 15) is 0 Å². The predicted octanol–water partition coefficient (Wildman–Crippen LogP) is 3.14. The normalized spacial score (nSPS) is 31.4. The van der Waals surface area contributed by atoms with Crippen LogP contribution in [0.4, 0.5) is 0 Å². The van der Waals surface area contributed by atoms with E-state index >= 15 is 0 Å². The standard InChI is InChI=1S/C11H18BrN3/c1-7(2)15-11(13-6-14-15)9-4-5-10(12)8(9)3/h6-10H,4-5H2,1-3H3. The molecule has 0 saturated heterocycles. The molecule has 3 unspecified atom stereocenters. The zero-order valence-corrected chi connectivity index (χ0v) is 11.1. The Morgan fingerprint density at radius 1 is 1.47 bits per heavy atom. The van der Waals surface area contributed by atoms with Crippen LogP contribution in [0.5, 0.6) is 0 Å². The summed E-state index contributed by atoms with van der Waals surface area (Å²) < 4.78 is 2.06. The third-order valence-corrected chi connectivity index (χ3v) is 4.67. The van der Waals surface area contributed by atoms with Crippen LogP contribution in [0.1, 0.15) is 51.4 Å². The SMILES string of the molecule is CC1C(Br)CCC1c1ncnn1C(C)C. The van der Waals surface area contributed by atoms with Crippen molar-refractivity contribution >= 4 is 15.9 Å². The number of hydrogen-bond acceptors (Lipinski definition) is 2. The molecular weight excluding hydrogens is 254 g/mol. The van der Waals surface area contributed by atoms with Crippen molar-refractivity contribution in [3.63, 3.8) is 0 Å². The zero-order chi connectivity index (χ0) is 11.0. The third-order valence-electron chi connectivity index (χ3n) is 3.38. The maximum absolute atomic E-state index is 4.44. The maximum atomic E-state index is 4.44. The molecule has 0 radical (unpaired) electrons. The van der Waals surface area contributed by atoms with Crippen molar-refractivity contribution in [2.24, 2.45) is 5.92 Å². The van der Waals surface area contributed by atoms with Gasteiger partial charge < -0.3 is 0 Å². The molecule has 0 spiro atoms. The fourth-order valence-corrected chi connectivity index (χ4v) is 3.04. The summed E-state index contributed by atoms with van der Waals surface area (Å²) in [6.45, 7) is 6.61. The lowest BCUT2D eigenvalue weighted by Crippen LogP contribution is -2.16. The Hall–Kier alpha value is -0.380. The van der Waals surface area contributed by atoms with Crippen LogP contribution in [-0.2, 0) is 0 Å². The molecule has 3 atom stereocenters. The van der Waals surface area contributed by atoms with Crippen LogP contribution >= 0.6 is 15.9 Å². The predicted molar refractivity (Wildman–Crippen MR) is 64.3 cm³/mol. The molecule has 1 aromatic rings. The number of hydrogen-bond donors (Lipinski definition) is 0. The van der Waals surface area contributed by atoms with Gasteiger partial charge >= 0.3 is 0 Å². The van der Waals surface area contributed by atoms with E-state index in [0.29, 0.717) is 22.7 Å². The lowest BCUT2D eigenvalue weighted by molar-refractivity contribution is 0.440. The average molecular weight is 272 g/mol. The van der Waals surface area contributed by atoms with Gasteiger partial charge in [-0.3, -0.25) is 0 Å². The van der Waals surface area contributed by atoms with E-state index in [1.807, 2.05) is 0 Å². The summed E-state index contributed by atoms with van der Waals surface area (Å²) in [5.74, 6) is 2.39. The van der Waals surface area contributed by atoms with Crippen LogP contribution in [0.15, 0.2) is 6.33 Å². The highest BCUT2D eigenvalue weighted by Gasteiger charge is 2.35. The first-order valence-electron chi connectivity index (χ1n) is 5.64. The van der Waals surface area contributed by atoms with Crippen molar-refractivity contribution in [1.29, 1.82) is 0 Å². The molecular formula is C11H18BrN3. The molecule has 3 nitrogen and oxygen atoms in total. The summed E-state index contributed by atoms with van der Waals surface area (Å²) in [5, 5.41) is 4.31. The van der Waals surface area contributed by atoms with Crippen LogP contribution in [0, 0.1) is 5.92 Å². The third kappa shape index (κ3) is 1.96. The monoisotopic (exact) mass is 271 g/mol. The molecule has 4 heteroatoms. The number of aromatic nitrogens is 3. The Labute approximate surface area is 99.4 Å². The smallest absolute Gasteiger partial charge is 0.138 e. The van der Waals surface area contributed by atoms with Gasteiger partial charge in [-0.1, -0.05) is 22.9 Å². The Balaban J connectivity index is 2.26. The van der Waals surface area contributed by atoms with Crippen molar-refractivity contribution in [2.45, 2.75) is 50.4 Å². The molecule has 1 fully saturated rings. The molecule has 15 heavy (non-hydrogen) atoms. The van der Waals surface area contributed by atoms with Crippen LogP contribution in [0.2, 0.25) is 0 Å². The largest absolute Gasteiger partial charge is 0.247 e. The van der Waals surface area contributed by atoms with Gasteiger partial charge in [-0.15, -0.1) is 0 Å². The summed E-state index contributed by atoms with van der Waals surface area (Å²) in [6, 6.07) is 0.407. The lowest BCUT2D eigenvalue weighted by Gasteiger charge is -2.19. The highest BCUT2D eigenvalue weighted by molar-refractivity contribution is 9.09. The van der Waals surface area contributed by atoms with Crippen LogP contribution < -0.4 is 0 Å². The zero-order valence-electron chi connectivity index (χ0n) is 9.52. The van der Waals surface area contributed by atoms with E-state index < -0.39 is 0 Å². The minimum Gasteiger partial charge on any atom is -0.247 e. The van der Waals surface area contributed by atoms with E-state index in [1.165, 1.54) is 18.7 Å². The fraction of sp³-hybridized carbons (Fsp3) is 0.818. The molecule has 0 bridgehead atoms. The molecule has 1 aliphatic carbocycles. The number of nitrogens with zero attached hydrogens (tertiary/aromatic N) is 3. The van der Waals surface area contributed by atoms with E-state index in [4.69, 9.17) is 0 Å². The van der Waals surface area contributed by atoms with Crippen molar-refractivity contribution in [3.05, 3.63) is 12.2 Å². The molecule has 1 aliphatic rings. The highest BCUT2D eigenvalue weighted by atomic mass is 79.9. The second-order valence-corrected chi connectivity index (χ2v) is 5.89. The summed E-state index contributed by atoms with van der Waals surface area (Å²) >= 11 is 3.73. The average Bonchev–Trinajstić information content (AvgIpc) is 2.75. The van der Waals surface area contributed by atoms with Gasteiger partial charge in [0.1, 0.15) is 12.2 Å². The van der Waals surface area contributed by atoms with E-state index in [-0.39, 0.29) is 0 Å². The first kappa shape index (κ1) is 11.1. The quantitative estimate of drug-likeness (QED) is 0.774. The van der Waals surface area contributed by atoms with E-state index in [0.717, 1.165) is 0 Å². The van der Waals surface area contributed by atoms with Crippen LogP contribution in [0.25, 0.3) is 0 Å². The Morgan fingerprint density at radius 2 is 2.20 bits per heavy atom. The fourth-order valence-electron chi connectivity index (χ4n) is 2.40. The first-order valence-corrected chi connectivity index (χ1v) is 6.56. The molecule has 0 N–H and O–H groups in total. The summed E-state index contributed by atoms with van der Waals surface area (Å²) in [6.07, 6.45) is 4.16. The Bertz CT molecular complexity index is 334. The van der Waals surface area contributed by atoms with Gasteiger partial charge in [0.05, 0.1) is 0 Å². The van der Waals surface area contributed by atoms with Gasteiger partial charge in [-0.05, 0) is 32.6 Å². The first-order chi connectivity index (χ1) is 7.11. The Kier molecular flexibility index (Phi) is 3.14. The van der Waals surface area contributed by atoms with E-state index in [2.05, 4.69) is 51.5 Å². The topological polar surface area (TPSA) is 30.7 Å². The van der Waals surface area contributed by atoms with Gasteiger partial charge in [0.25, 0.3) is 0 Å². The van der Waals surface area contributed by atoms with Gasteiger partial charge in [0, 0.05) is 16.8 Å². The Morgan fingerprint density at radius 3 is 2.73 bits per heavy atom. The second kappa shape index (κ2) is 4.24. The van der Waals surface area contributed by atoms with Gasteiger partial charge in [-0.25, -0.2) is 9.67 Å². The minimum atomic E-state index is 0.407. The van der Waals surface area contributed by atoms with Crippen molar-refractivity contribution < 1.29 is 0 Å². The maximum Gasteiger partial charge on any atom is 0.138 e. The molecule has 0 aliphatic heterocycles. The van der Waals surface area contributed by atoms with Crippen LogP contribution in [0.3, 0.4) is 0 Å². The molecule has 1 aromatic heterocycles. The summed E-state index contributed by atoms with van der Waals surface area (Å²) in [4.78, 5) is 5.07. The molecule has 0 amide bonds. The number of alkyl halides is 1. The van der Waals surface area contributed by atoms with Crippen molar-refractivity contribution in [3.8, 4) is 0 Å². The van der Waals surface area contributed by atoms with Crippen molar-refractivity contribution in [2.75, 3.05) is 0 Å². The number of halogens is 1. The van der Waals surface area contributed by atoms with Crippen LogP contribution in [-0.4, -0.2) is 19.6 Å².